The van der Waals surface area contributed by atoms with Crippen molar-refractivity contribution in [2.45, 2.75) is 26.0 Å². The fourth-order valence-corrected chi connectivity index (χ4v) is 2.95. The van der Waals surface area contributed by atoms with Crippen LogP contribution in [0.25, 0.3) is 0 Å². The normalized spacial score (nSPS) is 14.0. The summed E-state index contributed by atoms with van der Waals surface area (Å²) in [6.07, 6.45) is 0. The van der Waals surface area contributed by atoms with Crippen LogP contribution in [0.1, 0.15) is 24.3 Å². The maximum absolute atomic E-state index is 10.7. The Balaban J connectivity index is 1.99. The second kappa shape index (κ2) is 8.59. The van der Waals surface area contributed by atoms with Crippen LogP contribution in [-0.2, 0) is 12.1 Å². The minimum absolute atomic E-state index is 0.0600. The molecule has 8 heteroatoms. The maximum atomic E-state index is 10.7. The molecule has 0 aliphatic heterocycles. The van der Waals surface area contributed by atoms with E-state index in [-0.39, 0.29) is 5.69 Å². The van der Waals surface area contributed by atoms with E-state index in [1.54, 1.807) is 19.1 Å². The first-order valence-corrected chi connectivity index (χ1v) is 8.82. The number of hydrogen-bond acceptors (Lipinski definition) is 5. The molecule has 2 aromatic rings. The monoisotopic (exact) mass is 362 g/mol. The van der Waals surface area contributed by atoms with Gasteiger partial charge in [0.1, 0.15) is 5.60 Å². The van der Waals surface area contributed by atoms with E-state index in [0.717, 1.165) is 10.4 Å². The number of nitro benzene ring substituents is 1. The van der Waals surface area contributed by atoms with Crippen LogP contribution in [0.4, 0.5) is 5.69 Å². The quantitative estimate of drug-likeness (QED) is 0.304. The molecular weight excluding hydrogens is 340 g/mol. The number of thiophene rings is 1. The van der Waals surface area contributed by atoms with Gasteiger partial charge in [0.2, 0.25) is 0 Å². The predicted octanol–water partition coefficient (Wildman–Crippen LogP) is 2.62. The van der Waals surface area contributed by atoms with Gasteiger partial charge in [-0.1, -0.05) is 18.2 Å². The molecule has 2 rings (SSSR count). The lowest BCUT2D eigenvalue weighted by Crippen LogP contribution is -2.44. The molecule has 0 bridgehead atoms. The zero-order chi connectivity index (χ0) is 18.3. The van der Waals surface area contributed by atoms with Crippen molar-refractivity contribution in [3.63, 3.8) is 0 Å². The van der Waals surface area contributed by atoms with Gasteiger partial charge in [-0.25, -0.2) is 4.99 Å². The topological polar surface area (TPSA) is 99.8 Å². The highest BCUT2D eigenvalue weighted by atomic mass is 32.1. The number of benzene rings is 1. The van der Waals surface area contributed by atoms with Crippen LogP contribution >= 0.6 is 11.3 Å². The van der Waals surface area contributed by atoms with E-state index in [2.05, 4.69) is 15.6 Å². The van der Waals surface area contributed by atoms with Crippen LogP contribution in [0, 0.1) is 10.1 Å². The summed E-state index contributed by atoms with van der Waals surface area (Å²) >= 11 is 1.50. The molecule has 1 atom stereocenters. The zero-order valence-corrected chi connectivity index (χ0v) is 15.0. The Morgan fingerprint density at radius 3 is 2.60 bits per heavy atom. The van der Waals surface area contributed by atoms with Gasteiger partial charge >= 0.3 is 0 Å². The molecule has 1 aromatic heterocycles. The number of nitro groups is 1. The minimum atomic E-state index is -0.988. The first-order chi connectivity index (χ1) is 11.9. The van der Waals surface area contributed by atoms with Crippen molar-refractivity contribution in [2.24, 2.45) is 4.99 Å². The van der Waals surface area contributed by atoms with Crippen molar-refractivity contribution in [1.29, 1.82) is 0 Å². The van der Waals surface area contributed by atoms with Gasteiger partial charge in [0, 0.05) is 23.6 Å². The van der Waals surface area contributed by atoms with Gasteiger partial charge in [0.25, 0.3) is 5.69 Å². The van der Waals surface area contributed by atoms with Gasteiger partial charge in [0.15, 0.2) is 5.96 Å². The summed E-state index contributed by atoms with van der Waals surface area (Å²) in [7, 11) is 0. The molecule has 25 heavy (non-hydrogen) atoms. The van der Waals surface area contributed by atoms with E-state index < -0.39 is 10.5 Å². The van der Waals surface area contributed by atoms with Gasteiger partial charge < -0.3 is 15.7 Å². The molecule has 0 aliphatic carbocycles. The summed E-state index contributed by atoms with van der Waals surface area (Å²) < 4.78 is 0. The van der Waals surface area contributed by atoms with E-state index in [4.69, 9.17) is 0 Å². The van der Waals surface area contributed by atoms with E-state index in [1.165, 1.54) is 23.5 Å². The molecule has 7 nitrogen and oxygen atoms in total. The smallest absolute Gasteiger partial charge is 0.269 e. The van der Waals surface area contributed by atoms with E-state index in [9.17, 15) is 15.2 Å². The lowest BCUT2D eigenvalue weighted by molar-refractivity contribution is -0.384. The summed E-state index contributed by atoms with van der Waals surface area (Å²) in [6.45, 7) is 5.10. The van der Waals surface area contributed by atoms with Crippen LogP contribution < -0.4 is 10.6 Å². The Kier molecular flexibility index (Phi) is 6.49. The van der Waals surface area contributed by atoms with Crippen molar-refractivity contribution in [1.82, 2.24) is 10.6 Å². The average Bonchev–Trinajstić information content (AvgIpc) is 3.13. The Bertz CT molecular complexity index is 712. The number of aliphatic hydroxyl groups is 1. The average molecular weight is 362 g/mol. The van der Waals surface area contributed by atoms with Crippen molar-refractivity contribution < 1.29 is 10.0 Å². The molecule has 0 amide bonds. The van der Waals surface area contributed by atoms with Gasteiger partial charge in [-0.15, -0.1) is 11.3 Å². The Hall–Kier alpha value is -2.45. The number of rotatable bonds is 7. The van der Waals surface area contributed by atoms with Crippen LogP contribution in [0.5, 0.6) is 0 Å². The molecule has 0 aliphatic rings. The van der Waals surface area contributed by atoms with E-state index >= 15 is 0 Å². The summed E-state index contributed by atoms with van der Waals surface area (Å²) in [4.78, 5) is 15.6. The first-order valence-electron chi connectivity index (χ1n) is 7.94. The zero-order valence-electron chi connectivity index (χ0n) is 14.2. The minimum Gasteiger partial charge on any atom is -0.383 e. The van der Waals surface area contributed by atoms with Crippen molar-refractivity contribution in [3.05, 3.63) is 62.3 Å². The molecule has 1 aromatic carbocycles. The number of nitrogens with zero attached hydrogens (tertiary/aromatic N) is 2. The van der Waals surface area contributed by atoms with Gasteiger partial charge in [-0.3, -0.25) is 10.1 Å². The third-order valence-electron chi connectivity index (χ3n) is 3.56. The van der Waals surface area contributed by atoms with Crippen molar-refractivity contribution in [2.75, 3.05) is 13.1 Å². The van der Waals surface area contributed by atoms with Crippen molar-refractivity contribution in [3.8, 4) is 0 Å². The number of guanidine groups is 1. The number of non-ortho nitro benzene ring substituents is 1. The van der Waals surface area contributed by atoms with Gasteiger partial charge in [0.05, 0.1) is 18.0 Å². The molecule has 1 unspecified atom stereocenters. The summed E-state index contributed by atoms with van der Waals surface area (Å²) in [5, 5.41) is 29.4. The lowest BCUT2D eigenvalue weighted by Gasteiger charge is -2.23. The Morgan fingerprint density at radius 1 is 1.32 bits per heavy atom. The first kappa shape index (κ1) is 18.9. The fourth-order valence-electron chi connectivity index (χ4n) is 2.16. The second-order valence-corrected chi connectivity index (χ2v) is 6.67. The number of hydrogen-bond donors (Lipinski definition) is 3. The lowest BCUT2D eigenvalue weighted by atomic mass is 10.1. The third kappa shape index (κ3) is 5.54. The van der Waals surface area contributed by atoms with E-state index in [1.807, 2.05) is 24.4 Å². The van der Waals surface area contributed by atoms with Gasteiger partial charge in [-0.2, -0.15) is 0 Å². The molecule has 0 fully saturated rings. The van der Waals surface area contributed by atoms with Crippen molar-refractivity contribution >= 4 is 23.0 Å². The SMILES string of the molecule is CCNC(=NCc1ccc([N+](=O)[O-])cc1)NCC(C)(O)c1cccs1. The van der Waals surface area contributed by atoms with Crippen LogP contribution in [-0.4, -0.2) is 29.1 Å². The molecule has 0 saturated carbocycles. The fraction of sp³-hybridized carbons (Fsp3) is 0.353. The van der Waals surface area contributed by atoms with Crippen LogP contribution in [0.15, 0.2) is 46.8 Å². The third-order valence-corrected chi connectivity index (χ3v) is 4.69. The van der Waals surface area contributed by atoms with Crippen LogP contribution in [0.3, 0.4) is 0 Å². The summed E-state index contributed by atoms with van der Waals surface area (Å²) in [5.74, 6) is 0.581. The highest BCUT2D eigenvalue weighted by Gasteiger charge is 2.24. The Labute approximate surface area is 150 Å². The number of aliphatic imine (C=N–C) groups is 1. The van der Waals surface area contributed by atoms with E-state index in [0.29, 0.717) is 25.6 Å². The molecule has 0 spiro atoms. The van der Waals surface area contributed by atoms with Gasteiger partial charge in [-0.05, 0) is 30.9 Å². The molecule has 1 heterocycles. The second-order valence-electron chi connectivity index (χ2n) is 5.72. The predicted molar refractivity (Wildman–Crippen MR) is 99.8 cm³/mol. The molecule has 3 N–H and O–H groups in total. The number of nitrogens with one attached hydrogen (secondary N) is 2. The van der Waals surface area contributed by atoms with Crippen LogP contribution in [0.2, 0.25) is 0 Å². The molecule has 0 saturated heterocycles. The molecule has 0 radical (unpaired) electrons. The summed E-state index contributed by atoms with van der Waals surface area (Å²) in [5.41, 5.74) is -0.0601. The standard InChI is InChI=1S/C17H22N4O3S/c1-3-18-16(20-12-17(2,22)15-5-4-10-25-15)19-11-13-6-8-14(9-7-13)21(23)24/h4-10,22H,3,11-12H2,1-2H3,(H2,18,19,20). The molecule has 134 valence electrons. The summed E-state index contributed by atoms with van der Waals surface area (Å²) in [6, 6.07) is 10.1. The highest BCUT2D eigenvalue weighted by Crippen LogP contribution is 2.24. The largest absolute Gasteiger partial charge is 0.383 e. The maximum Gasteiger partial charge on any atom is 0.269 e. The highest BCUT2D eigenvalue weighted by molar-refractivity contribution is 7.10. The molecular formula is C17H22N4O3S. The Morgan fingerprint density at radius 2 is 2.04 bits per heavy atom.